The molecule has 0 aromatic heterocycles. The molecule has 13 rings (SSSR count). The van der Waals surface area contributed by atoms with Gasteiger partial charge in [-0.15, -0.1) is 0 Å². The van der Waals surface area contributed by atoms with Crippen molar-refractivity contribution in [3.8, 4) is 0 Å². The second-order valence-electron chi connectivity index (χ2n) is 18.9. The number of carbonyl (C=O) groups excluding carboxylic acids is 2. The minimum Gasteiger partial charge on any atom is -0.481 e. The van der Waals surface area contributed by atoms with Crippen molar-refractivity contribution >= 4 is 17.9 Å². The molecular formula is C37H50O10. The van der Waals surface area contributed by atoms with Crippen molar-refractivity contribution in [2.45, 2.75) is 132 Å². The van der Waals surface area contributed by atoms with Crippen LogP contribution in [0.5, 0.6) is 0 Å². The molecule has 12 saturated carbocycles. The van der Waals surface area contributed by atoms with Crippen LogP contribution in [0.15, 0.2) is 0 Å². The van der Waals surface area contributed by atoms with Gasteiger partial charge in [-0.3, -0.25) is 14.4 Å². The molecule has 0 aromatic carbocycles. The maximum atomic E-state index is 13.9. The Labute approximate surface area is 275 Å². The van der Waals surface area contributed by atoms with Gasteiger partial charge in [0.1, 0.15) is 25.4 Å². The molecule has 12 aliphatic carbocycles. The third kappa shape index (κ3) is 4.25. The molecule has 3 N–H and O–H groups in total. The van der Waals surface area contributed by atoms with Crippen LogP contribution in [0.3, 0.4) is 0 Å². The topological polar surface area (TPSA) is 149 Å². The Balaban J connectivity index is 0.886. The average Bonchev–Trinajstić information content (AvgIpc) is 3.37. The summed E-state index contributed by atoms with van der Waals surface area (Å²) < 4.78 is 26.0. The number of ether oxygens (including phenoxy) is 4. The maximum Gasteiger partial charge on any atom is 0.312 e. The van der Waals surface area contributed by atoms with Crippen LogP contribution in [0.4, 0.5) is 0 Å². The number of carboxylic acid groups (broad SMARTS) is 1. The van der Waals surface area contributed by atoms with Crippen molar-refractivity contribution in [1.82, 2.24) is 0 Å². The van der Waals surface area contributed by atoms with Gasteiger partial charge in [-0.2, -0.15) is 0 Å². The molecule has 1 aliphatic heterocycles. The van der Waals surface area contributed by atoms with Crippen LogP contribution < -0.4 is 0 Å². The quantitative estimate of drug-likeness (QED) is 0.344. The minimum absolute atomic E-state index is 0.00487. The fraction of sp³-hybridized carbons (Fsp3) is 0.919. The van der Waals surface area contributed by atoms with Crippen molar-refractivity contribution < 1.29 is 48.7 Å². The van der Waals surface area contributed by atoms with Crippen molar-refractivity contribution in [2.75, 3.05) is 13.2 Å². The van der Waals surface area contributed by atoms with Gasteiger partial charge >= 0.3 is 17.9 Å². The average molecular weight is 655 g/mol. The highest BCUT2D eigenvalue weighted by molar-refractivity contribution is 5.78. The van der Waals surface area contributed by atoms with E-state index in [-0.39, 0.29) is 54.9 Å². The van der Waals surface area contributed by atoms with Crippen LogP contribution >= 0.6 is 0 Å². The Morgan fingerprint density at radius 3 is 1.68 bits per heavy atom. The number of carboxylic acids is 1. The monoisotopic (exact) mass is 654 g/mol. The third-order valence-electron chi connectivity index (χ3n) is 15.7. The van der Waals surface area contributed by atoms with Gasteiger partial charge < -0.3 is 34.3 Å². The largest absolute Gasteiger partial charge is 0.481 e. The molecule has 8 unspecified atom stereocenters. The van der Waals surface area contributed by atoms with Crippen LogP contribution in [0.25, 0.3) is 0 Å². The second kappa shape index (κ2) is 9.73. The van der Waals surface area contributed by atoms with Crippen molar-refractivity contribution in [1.29, 1.82) is 0 Å². The lowest BCUT2D eigenvalue weighted by Crippen LogP contribution is -2.63. The van der Waals surface area contributed by atoms with E-state index in [1.807, 2.05) is 0 Å². The number of carbonyl (C=O) groups is 3. The molecule has 1 heterocycles. The van der Waals surface area contributed by atoms with Gasteiger partial charge in [-0.25, -0.2) is 0 Å². The Morgan fingerprint density at radius 2 is 1.13 bits per heavy atom. The van der Waals surface area contributed by atoms with Crippen LogP contribution in [0.1, 0.15) is 103 Å². The number of aliphatic hydroxyl groups excluding tert-OH is 1. The van der Waals surface area contributed by atoms with E-state index in [1.165, 1.54) is 0 Å². The molecule has 47 heavy (non-hydrogen) atoms. The van der Waals surface area contributed by atoms with Gasteiger partial charge in [-0.1, -0.05) is 0 Å². The molecule has 13 aliphatic rings. The zero-order chi connectivity index (χ0) is 32.1. The highest BCUT2D eigenvalue weighted by atomic mass is 16.8. The number of esters is 2. The Kier molecular flexibility index (Phi) is 6.23. The van der Waals surface area contributed by atoms with Crippen molar-refractivity contribution in [3.05, 3.63) is 0 Å². The predicted molar refractivity (Wildman–Crippen MR) is 162 cm³/mol. The predicted octanol–water partition coefficient (Wildman–Crippen LogP) is 3.98. The summed E-state index contributed by atoms with van der Waals surface area (Å²) in [5.41, 5.74) is -2.71. The molecule has 0 radical (unpaired) electrons. The van der Waals surface area contributed by atoms with Crippen LogP contribution in [-0.4, -0.2) is 76.1 Å². The standard InChI is InChI=1S/C37H50O10/c38-29-23-2-19-3-24(29)13-34(7-19,12-23)31(41)44-16-27-28(17-45-32(42)35-8-21-1-22(9-35)11-36(43,10-21)18-35)47-37(46-27)25-4-20-5-26(37)15-33(6-20,14-25)30(39)40/h19-29,38,43H,1-18H2,(H,39,40). The van der Waals surface area contributed by atoms with Gasteiger partial charge in [0, 0.05) is 11.8 Å². The summed E-state index contributed by atoms with van der Waals surface area (Å²) in [6.45, 7) is -0.0239. The Morgan fingerprint density at radius 1 is 0.617 bits per heavy atom. The summed E-state index contributed by atoms with van der Waals surface area (Å²) in [7, 11) is 0. The first-order valence-electron chi connectivity index (χ1n) is 18.7. The van der Waals surface area contributed by atoms with E-state index in [1.54, 1.807) is 0 Å². The van der Waals surface area contributed by atoms with E-state index in [9.17, 15) is 29.7 Å². The molecule has 0 amide bonds. The highest BCUT2D eigenvalue weighted by Crippen LogP contribution is 2.67. The number of aliphatic carboxylic acids is 1. The molecule has 1 saturated heterocycles. The van der Waals surface area contributed by atoms with E-state index in [4.69, 9.17) is 18.9 Å². The first-order valence-corrected chi connectivity index (χ1v) is 18.7. The molecule has 12 bridgehead atoms. The number of aliphatic hydroxyl groups is 2. The van der Waals surface area contributed by atoms with Gasteiger partial charge in [0.15, 0.2) is 5.79 Å². The molecule has 258 valence electrons. The van der Waals surface area contributed by atoms with Crippen LogP contribution in [-0.2, 0) is 33.3 Å². The highest BCUT2D eigenvalue weighted by Gasteiger charge is 2.70. The summed E-state index contributed by atoms with van der Waals surface area (Å²) >= 11 is 0. The van der Waals surface area contributed by atoms with E-state index < -0.39 is 45.8 Å². The van der Waals surface area contributed by atoms with Crippen LogP contribution in [0.2, 0.25) is 0 Å². The summed E-state index contributed by atoms with van der Waals surface area (Å²) in [4.78, 5) is 40.2. The Bertz CT molecular complexity index is 1340. The fourth-order valence-corrected chi connectivity index (χ4v) is 14.8. The molecule has 1 spiro atoms. The van der Waals surface area contributed by atoms with Gasteiger partial charge in [0.25, 0.3) is 0 Å². The zero-order valence-corrected chi connectivity index (χ0v) is 27.3. The van der Waals surface area contributed by atoms with E-state index in [0.29, 0.717) is 62.2 Å². The summed E-state index contributed by atoms with van der Waals surface area (Å²) in [6, 6.07) is 0. The first kappa shape index (κ1) is 30.1. The minimum atomic E-state index is -0.968. The van der Waals surface area contributed by atoms with E-state index in [0.717, 1.165) is 64.2 Å². The SMILES string of the molecule is O=C(O)C12CC3CC(C1)C1(OC(COC(=O)C45CC6CC(C4)C(O)C(C6)C5)C(COC(=O)C45CC6CC(CC(O)(C6)C4)C5)O1)C(C3)C2. The smallest absolute Gasteiger partial charge is 0.312 e. The summed E-state index contributed by atoms with van der Waals surface area (Å²) in [6.07, 6.45) is 10.6. The fourth-order valence-electron chi connectivity index (χ4n) is 14.8. The van der Waals surface area contributed by atoms with Crippen molar-refractivity contribution in [3.63, 3.8) is 0 Å². The first-order chi connectivity index (χ1) is 22.4. The van der Waals surface area contributed by atoms with Gasteiger partial charge in [0.05, 0.1) is 27.9 Å². The van der Waals surface area contributed by atoms with E-state index >= 15 is 0 Å². The lowest BCUT2D eigenvalue weighted by Gasteiger charge is -2.61. The molecule has 13 fully saturated rings. The number of rotatable bonds is 7. The molecule has 8 atom stereocenters. The lowest BCUT2D eigenvalue weighted by molar-refractivity contribution is -0.312. The molecule has 10 nitrogen and oxygen atoms in total. The van der Waals surface area contributed by atoms with Crippen LogP contribution in [0, 0.1) is 63.6 Å². The maximum absolute atomic E-state index is 13.9. The van der Waals surface area contributed by atoms with Crippen molar-refractivity contribution in [2.24, 2.45) is 63.6 Å². The zero-order valence-electron chi connectivity index (χ0n) is 27.3. The summed E-state index contributed by atoms with van der Waals surface area (Å²) in [5, 5.41) is 32.2. The normalized spacial score (nSPS) is 57.2. The summed E-state index contributed by atoms with van der Waals surface area (Å²) in [5.74, 6) is -0.482. The molecule has 0 aromatic rings. The second-order valence-corrected chi connectivity index (χ2v) is 18.9. The van der Waals surface area contributed by atoms with E-state index in [2.05, 4.69) is 0 Å². The number of hydrogen-bond donors (Lipinski definition) is 3. The molecule has 10 heteroatoms. The molecular weight excluding hydrogens is 604 g/mol. The third-order valence-corrected chi connectivity index (χ3v) is 15.7. The van der Waals surface area contributed by atoms with Gasteiger partial charge in [0.2, 0.25) is 0 Å². The number of hydrogen-bond acceptors (Lipinski definition) is 9. The van der Waals surface area contributed by atoms with Gasteiger partial charge in [-0.05, 0) is 138 Å². The lowest BCUT2D eigenvalue weighted by atomic mass is 9.47. The Hall–Kier alpha value is -1.75.